The van der Waals surface area contributed by atoms with Crippen LogP contribution < -0.4 is 5.32 Å². The van der Waals surface area contributed by atoms with Gasteiger partial charge in [-0.25, -0.2) is 0 Å². The van der Waals surface area contributed by atoms with E-state index < -0.39 is 6.10 Å². The molecule has 106 valence electrons. The number of nitrogens with one attached hydrogen (secondary N) is 1. The highest BCUT2D eigenvalue weighted by molar-refractivity contribution is 5.94. The number of carbonyl (C=O) groups is 1. The van der Waals surface area contributed by atoms with Crippen LogP contribution in [0.2, 0.25) is 0 Å². The average Bonchev–Trinajstić information content (AvgIpc) is 2.53. The Bertz CT molecular complexity index is 630. The van der Waals surface area contributed by atoms with Crippen molar-refractivity contribution in [2.45, 2.75) is 12.5 Å². The molecule has 2 aromatic carbocycles. The Hall–Kier alpha value is -2.64. The Morgan fingerprint density at radius 3 is 2.43 bits per heavy atom. The van der Waals surface area contributed by atoms with E-state index in [4.69, 9.17) is 5.26 Å². The maximum atomic E-state index is 11.9. The monoisotopic (exact) mass is 280 g/mol. The molecule has 1 amide bonds. The second-order valence-electron chi connectivity index (χ2n) is 4.74. The minimum absolute atomic E-state index is 0.188. The summed E-state index contributed by atoms with van der Waals surface area (Å²) in [6.45, 7) is 0.188. The van der Waals surface area contributed by atoms with Crippen molar-refractivity contribution in [3.05, 3.63) is 71.3 Å². The number of carbonyl (C=O) groups excluding carboxylic acids is 1. The quantitative estimate of drug-likeness (QED) is 0.878. The van der Waals surface area contributed by atoms with Crippen LogP contribution in [-0.2, 0) is 6.42 Å². The van der Waals surface area contributed by atoms with Crippen LogP contribution in [0.5, 0.6) is 0 Å². The van der Waals surface area contributed by atoms with Crippen LogP contribution in [0.15, 0.2) is 54.6 Å². The molecule has 4 nitrogen and oxygen atoms in total. The van der Waals surface area contributed by atoms with Gasteiger partial charge < -0.3 is 10.4 Å². The van der Waals surface area contributed by atoms with E-state index in [1.165, 1.54) is 0 Å². The minimum atomic E-state index is -0.630. The van der Waals surface area contributed by atoms with Crippen molar-refractivity contribution < 1.29 is 9.90 Å². The van der Waals surface area contributed by atoms with Gasteiger partial charge in [-0.15, -0.1) is 0 Å². The van der Waals surface area contributed by atoms with Gasteiger partial charge in [0.15, 0.2) is 0 Å². The normalized spacial score (nSPS) is 11.4. The molecule has 21 heavy (non-hydrogen) atoms. The largest absolute Gasteiger partial charge is 0.391 e. The number of nitriles is 1. The fraction of sp³-hybridized carbons (Fsp3) is 0.176. The lowest BCUT2D eigenvalue weighted by atomic mass is 10.1. The Morgan fingerprint density at radius 1 is 1.14 bits per heavy atom. The highest BCUT2D eigenvalue weighted by atomic mass is 16.3. The molecule has 0 saturated carbocycles. The van der Waals surface area contributed by atoms with E-state index in [9.17, 15) is 9.90 Å². The third-order valence-electron chi connectivity index (χ3n) is 3.09. The van der Waals surface area contributed by atoms with Gasteiger partial charge in [0.25, 0.3) is 5.91 Å². The maximum Gasteiger partial charge on any atom is 0.251 e. The van der Waals surface area contributed by atoms with Crippen LogP contribution in [0.1, 0.15) is 21.5 Å². The molecule has 0 aliphatic carbocycles. The average molecular weight is 280 g/mol. The van der Waals surface area contributed by atoms with E-state index >= 15 is 0 Å². The van der Waals surface area contributed by atoms with Crippen molar-refractivity contribution in [1.82, 2.24) is 5.32 Å². The Morgan fingerprint density at radius 2 is 1.81 bits per heavy atom. The first-order valence-corrected chi connectivity index (χ1v) is 6.69. The van der Waals surface area contributed by atoms with Crippen LogP contribution in [-0.4, -0.2) is 23.7 Å². The van der Waals surface area contributed by atoms with Gasteiger partial charge >= 0.3 is 0 Å². The molecule has 4 heteroatoms. The third kappa shape index (κ3) is 4.44. The molecule has 0 aliphatic rings. The summed E-state index contributed by atoms with van der Waals surface area (Å²) < 4.78 is 0. The van der Waals surface area contributed by atoms with Gasteiger partial charge in [-0.2, -0.15) is 5.26 Å². The molecular formula is C17H16N2O2. The van der Waals surface area contributed by atoms with E-state index in [-0.39, 0.29) is 12.5 Å². The van der Waals surface area contributed by atoms with Gasteiger partial charge in [0.2, 0.25) is 0 Å². The number of aliphatic hydroxyl groups is 1. The van der Waals surface area contributed by atoms with Gasteiger partial charge in [0.1, 0.15) is 0 Å². The number of amides is 1. The van der Waals surface area contributed by atoms with E-state index in [0.717, 1.165) is 5.56 Å². The zero-order chi connectivity index (χ0) is 15.1. The lowest BCUT2D eigenvalue weighted by Crippen LogP contribution is -2.33. The number of rotatable bonds is 5. The van der Waals surface area contributed by atoms with Crippen LogP contribution in [0.3, 0.4) is 0 Å². The molecule has 2 aromatic rings. The third-order valence-corrected chi connectivity index (χ3v) is 3.09. The van der Waals surface area contributed by atoms with Crippen molar-refractivity contribution in [1.29, 1.82) is 5.26 Å². The summed E-state index contributed by atoms with van der Waals surface area (Å²) in [5.41, 5.74) is 2.01. The zero-order valence-corrected chi connectivity index (χ0v) is 11.5. The first-order chi connectivity index (χ1) is 10.2. The highest BCUT2D eigenvalue weighted by Crippen LogP contribution is 2.05. The number of hydrogen-bond donors (Lipinski definition) is 2. The van der Waals surface area contributed by atoms with Crippen LogP contribution >= 0.6 is 0 Å². The van der Waals surface area contributed by atoms with E-state index in [1.54, 1.807) is 24.3 Å². The van der Waals surface area contributed by atoms with Crippen LogP contribution in [0.4, 0.5) is 0 Å². The number of benzene rings is 2. The van der Waals surface area contributed by atoms with E-state index in [0.29, 0.717) is 17.5 Å². The highest BCUT2D eigenvalue weighted by Gasteiger charge is 2.09. The molecule has 0 heterocycles. The van der Waals surface area contributed by atoms with Crippen LogP contribution in [0, 0.1) is 11.3 Å². The van der Waals surface area contributed by atoms with Crippen molar-refractivity contribution in [3.63, 3.8) is 0 Å². The molecular weight excluding hydrogens is 264 g/mol. The standard InChI is InChI=1S/C17H16N2O2/c18-11-14-6-8-15(9-7-14)17(21)19-12-16(20)10-13-4-2-1-3-5-13/h1-9,16,20H,10,12H2,(H,19,21). The zero-order valence-electron chi connectivity index (χ0n) is 11.5. The summed E-state index contributed by atoms with van der Waals surface area (Å²) in [6, 6.07) is 18.0. The summed E-state index contributed by atoms with van der Waals surface area (Å²) >= 11 is 0. The summed E-state index contributed by atoms with van der Waals surface area (Å²) in [4.78, 5) is 11.9. The first-order valence-electron chi connectivity index (χ1n) is 6.69. The lowest BCUT2D eigenvalue weighted by Gasteiger charge is -2.12. The van der Waals surface area contributed by atoms with E-state index in [2.05, 4.69) is 5.32 Å². The number of aliphatic hydroxyl groups excluding tert-OH is 1. The molecule has 1 atom stereocenters. The topological polar surface area (TPSA) is 73.1 Å². The number of hydrogen-bond acceptors (Lipinski definition) is 3. The van der Waals surface area contributed by atoms with Gasteiger partial charge in [-0.1, -0.05) is 30.3 Å². The van der Waals surface area contributed by atoms with Crippen molar-refractivity contribution in [3.8, 4) is 6.07 Å². The maximum absolute atomic E-state index is 11.9. The molecule has 0 spiro atoms. The second kappa shape index (κ2) is 7.22. The molecule has 0 aliphatic heterocycles. The first kappa shape index (κ1) is 14.8. The predicted octanol–water partition coefficient (Wildman–Crippen LogP) is 1.89. The summed E-state index contributed by atoms with van der Waals surface area (Å²) in [5.74, 6) is -0.258. The van der Waals surface area contributed by atoms with Gasteiger partial charge in [-0.05, 0) is 29.8 Å². The molecule has 2 N–H and O–H groups in total. The smallest absolute Gasteiger partial charge is 0.251 e. The second-order valence-corrected chi connectivity index (χ2v) is 4.74. The summed E-state index contributed by atoms with van der Waals surface area (Å²) in [7, 11) is 0. The Balaban J connectivity index is 1.84. The summed E-state index contributed by atoms with van der Waals surface area (Å²) in [5, 5.41) is 21.3. The number of nitrogens with zero attached hydrogens (tertiary/aromatic N) is 1. The predicted molar refractivity (Wildman–Crippen MR) is 79.6 cm³/mol. The molecule has 1 unspecified atom stereocenters. The van der Waals surface area contributed by atoms with E-state index in [1.807, 2.05) is 36.4 Å². The van der Waals surface area contributed by atoms with Gasteiger partial charge in [-0.3, -0.25) is 4.79 Å². The molecule has 0 fully saturated rings. The van der Waals surface area contributed by atoms with Crippen molar-refractivity contribution in [2.75, 3.05) is 6.54 Å². The van der Waals surface area contributed by atoms with Crippen LogP contribution in [0.25, 0.3) is 0 Å². The lowest BCUT2D eigenvalue weighted by molar-refractivity contribution is 0.0916. The minimum Gasteiger partial charge on any atom is -0.391 e. The summed E-state index contributed by atoms with van der Waals surface area (Å²) in [6.07, 6.45) is -0.135. The molecule has 0 radical (unpaired) electrons. The van der Waals surface area contributed by atoms with Crippen molar-refractivity contribution >= 4 is 5.91 Å². The fourth-order valence-corrected chi connectivity index (χ4v) is 1.97. The Labute approximate surface area is 123 Å². The molecule has 0 bridgehead atoms. The molecule has 0 aromatic heterocycles. The Kier molecular flexibility index (Phi) is 5.08. The molecule has 2 rings (SSSR count). The van der Waals surface area contributed by atoms with Gasteiger partial charge in [0.05, 0.1) is 17.7 Å². The van der Waals surface area contributed by atoms with Gasteiger partial charge in [0, 0.05) is 18.5 Å². The molecule has 0 saturated heterocycles. The fourth-order valence-electron chi connectivity index (χ4n) is 1.97. The SMILES string of the molecule is N#Cc1ccc(C(=O)NCC(O)Cc2ccccc2)cc1. The van der Waals surface area contributed by atoms with Crippen molar-refractivity contribution in [2.24, 2.45) is 0 Å².